The Morgan fingerprint density at radius 3 is 2.60 bits per heavy atom. The number of sulfone groups is 1. The predicted octanol–water partition coefficient (Wildman–Crippen LogP) is 3.09. The lowest BCUT2D eigenvalue weighted by Gasteiger charge is -2.01. The molecule has 0 aliphatic heterocycles. The van der Waals surface area contributed by atoms with Crippen LogP contribution in [0.5, 0.6) is 0 Å². The Morgan fingerprint density at radius 2 is 1.93 bits per heavy atom. The minimum absolute atomic E-state index is 0.00701. The number of nitrogens with zero attached hydrogens (tertiary/aromatic N) is 3. The minimum Gasteiger partial charge on any atom is -0.403 e. The number of nitro groups is 1. The first-order valence-corrected chi connectivity index (χ1v) is 10.3. The van der Waals surface area contributed by atoms with E-state index in [0.29, 0.717) is 11.1 Å². The van der Waals surface area contributed by atoms with Crippen molar-refractivity contribution in [2.75, 3.05) is 11.1 Å². The van der Waals surface area contributed by atoms with Crippen molar-refractivity contribution in [3.05, 3.63) is 70.3 Å². The smallest absolute Gasteiger partial charge is 0.322 e. The van der Waals surface area contributed by atoms with Gasteiger partial charge in [0, 0.05) is 23.8 Å². The van der Waals surface area contributed by atoms with Gasteiger partial charge in [-0.3, -0.25) is 20.2 Å². The van der Waals surface area contributed by atoms with Crippen molar-refractivity contribution in [2.45, 2.75) is 11.8 Å². The Balaban J connectivity index is 1.67. The van der Waals surface area contributed by atoms with Gasteiger partial charge in [0.15, 0.2) is 9.84 Å². The number of rotatable bonds is 7. The summed E-state index contributed by atoms with van der Waals surface area (Å²) < 4.78 is 29.1. The van der Waals surface area contributed by atoms with Gasteiger partial charge < -0.3 is 4.42 Å². The lowest BCUT2D eigenvalue weighted by Crippen LogP contribution is -2.07. The number of anilines is 1. The van der Waals surface area contributed by atoms with Gasteiger partial charge in [0.2, 0.25) is 5.89 Å². The monoisotopic (exact) mass is 428 g/mol. The van der Waals surface area contributed by atoms with E-state index in [1.54, 1.807) is 13.0 Å². The zero-order valence-electron chi connectivity index (χ0n) is 15.7. The fourth-order valence-electron chi connectivity index (χ4n) is 2.42. The third-order valence-corrected chi connectivity index (χ3v) is 5.75. The standard InChI is InChI=1S/C19H16N4O6S/c1-2-30(27,28)16-9-7-14(8-10-16)18-21-22-19(29-18)20-17(24)11-6-13-4-3-5-15(12-13)23(25)26/h3-12H,2H2,1H3,(H,20,22,24). The molecule has 0 atom stereocenters. The van der Waals surface area contributed by atoms with Crippen LogP contribution in [0.2, 0.25) is 0 Å². The average Bonchev–Trinajstić information content (AvgIpc) is 3.21. The number of carbonyl (C=O) groups is 1. The van der Waals surface area contributed by atoms with Crippen LogP contribution in [0.4, 0.5) is 11.7 Å². The lowest BCUT2D eigenvalue weighted by atomic mass is 10.2. The van der Waals surface area contributed by atoms with Crippen molar-refractivity contribution >= 4 is 33.5 Å². The molecule has 0 aliphatic carbocycles. The molecule has 0 fully saturated rings. The molecule has 0 unspecified atom stereocenters. The fourth-order valence-corrected chi connectivity index (χ4v) is 3.31. The molecule has 3 aromatic rings. The molecule has 0 spiro atoms. The Morgan fingerprint density at radius 1 is 1.20 bits per heavy atom. The highest BCUT2D eigenvalue weighted by molar-refractivity contribution is 7.91. The first-order chi connectivity index (χ1) is 14.3. The summed E-state index contributed by atoms with van der Waals surface area (Å²) in [6.07, 6.45) is 2.58. The molecule has 154 valence electrons. The summed E-state index contributed by atoms with van der Waals surface area (Å²) in [6, 6.07) is 11.6. The van der Waals surface area contributed by atoms with Gasteiger partial charge in [-0.05, 0) is 35.9 Å². The number of amides is 1. The molecular weight excluding hydrogens is 412 g/mol. The van der Waals surface area contributed by atoms with Gasteiger partial charge in [-0.2, -0.15) is 0 Å². The Hall–Kier alpha value is -3.86. The third-order valence-electron chi connectivity index (χ3n) is 4.00. The van der Waals surface area contributed by atoms with E-state index >= 15 is 0 Å². The second-order valence-electron chi connectivity index (χ2n) is 6.01. The van der Waals surface area contributed by atoms with Crippen molar-refractivity contribution in [2.24, 2.45) is 0 Å². The van der Waals surface area contributed by atoms with E-state index in [2.05, 4.69) is 15.5 Å². The fraction of sp³-hybridized carbons (Fsp3) is 0.105. The zero-order valence-corrected chi connectivity index (χ0v) is 16.5. The summed E-state index contributed by atoms with van der Waals surface area (Å²) in [5.41, 5.74) is 0.884. The van der Waals surface area contributed by atoms with E-state index in [4.69, 9.17) is 4.42 Å². The van der Waals surface area contributed by atoms with Crippen molar-refractivity contribution in [1.82, 2.24) is 10.2 Å². The quantitative estimate of drug-likeness (QED) is 0.343. The normalized spacial score (nSPS) is 11.5. The number of nitrogens with one attached hydrogen (secondary N) is 1. The molecule has 1 amide bonds. The highest BCUT2D eigenvalue weighted by atomic mass is 32.2. The van der Waals surface area contributed by atoms with Crippen LogP contribution in [-0.4, -0.2) is 35.2 Å². The zero-order chi connectivity index (χ0) is 21.7. The number of aromatic nitrogens is 2. The SMILES string of the molecule is CCS(=O)(=O)c1ccc(-c2nnc(NC(=O)C=Cc3cccc([N+](=O)[O-])c3)o2)cc1. The largest absolute Gasteiger partial charge is 0.403 e. The maximum atomic E-state index is 12.0. The molecule has 1 N–H and O–H groups in total. The van der Waals surface area contributed by atoms with Crippen LogP contribution in [0, 0.1) is 10.1 Å². The number of nitro benzene ring substituents is 1. The summed E-state index contributed by atoms with van der Waals surface area (Å²) in [4.78, 5) is 22.5. The molecule has 0 saturated heterocycles. The van der Waals surface area contributed by atoms with E-state index in [1.165, 1.54) is 54.6 Å². The Bertz CT molecular complexity index is 1220. The lowest BCUT2D eigenvalue weighted by molar-refractivity contribution is -0.384. The Kier molecular flexibility index (Phi) is 6.02. The molecule has 11 heteroatoms. The molecule has 1 aromatic heterocycles. The molecule has 0 radical (unpaired) electrons. The third kappa shape index (κ3) is 4.94. The topological polar surface area (TPSA) is 145 Å². The van der Waals surface area contributed by atoms with Crippen LogP contribution in [0.3, 0.4) is 0 Å². The summed E-state index contributed by atoms with van der Waals surface area (Å²) in [6.45, 7) is 1.56. The summed E-state index contributed by atoms with van der Waals surface area (Å²) in [5.74, 6) is -0.470. The van der Waals surface area contributed by atoms with Crippen LogP contribution >= 0.6 is 0 Å². The predicted molar refractivity (Wildman–Crippen MR) is 108 cm³/mol. The van der Waals surface area contributed by atoms with Crippen LogP contribution < -0.4 is 5.32 Å². The van der Waals surface area contributed by atoms with Crippen LogP contribution in [0.25, 0.3) is 17.5 Å². The number of non-ortho nitro benzene ring substituents is 1. The van der Waals surface area contributed by atoms with Gasteiger partial charge in [0.05, 0.1) is 15.6 Å². The van der Waals surface area contributed by atoms with Gasteiger partial charge in [0.25, 0.3) is 11.6 Å². The molecule has 3 rings (SSSR count). The van der Waals surface area contributed by atoms with E-state index in [0.717, 1.165) is 0 Å². The highest BCUT2D eigenvalue weighted by Gasteiger charge is 2.14. The van der Waals surface area contributed by atoms with Gasteiger partial charge in [0.1, 0.15) is 0 Å². The summed E-state index contributed by atoms with van der Waals surface area (Å²) in [7, 11) is -3.31. The summed E-state index contributed by atoms with van der Waals surface area (Å²) in [5, 5.41) is 20.7. The van der Waals surface area contributed by atoms with Crippen LogP contribution in [0.1, 0.15) is 12.5 Å². The maximum absolute atomic E-state index is 12.0. The van der Waals surface area contributed by atoms with Crippen LogP contribution in [-0.2, 0) is 14.6 Å². The molecule has 2 aromatic carbocycles. The van der Waals surface area contributed by atoms with Crippen LogP contribution in [0.15, 0.2) is 63.9 Å². The summed E-state index contributed by atoms with van der Waals surface area (Å²) >= 11 is 0. The van der Waals surface area contributed by atoms with E-state index < -0.39 is 20.7 Å². The second kappa shape index (κ2) is 8.66. The first-order valence-electron chi connectivity index (χ1n) is 8.68. The average molecular weight is 428 g/mol. The van der Waals surface area contributed by atoms with Crippen molar-refractivity contribution in [3.8, 4) is 11.5 Å². The number of carbonyl (C=O) groups excluding carboxylic acids is 1. The molecule has 10 nitrogen and oxygen atoms in total. The van der Waals surface area contributed by atoms with Gasteiger partial charge in [-0.15, -0.1) is 5.10 Å². The molecule has 1 heterocycles. The first kappa shape index (κ1) is 20.9. The van der Waals surface area contributed by atoms with Gasteiger partial charge >= 0.3 is 6.01 Å². The highest BCUT2D eigenvalue weighted by Crippen LogP contribution is 2.22. The van der Waals surface area contributed by atoms with E-state index in [-0.39, 0.29) is 28.2 Å². The molecule has 0 saturated carbocycles. The number of benzene rings is 2. The van der Waals surface area contributed by atoms with Gasteiger partial charge in [-0.1, -0.05) is 24.2 Å². The van der Waals surface area contributed by atoms with E-state index in [1.807, 2.05) is 0 Å². The van der Waals surface area contributed by atoms with Crippen molar-refractivity contribution < 1.29 is 22.6 Å². The minimum atomic E-state index is -3.31. The Labute approximate surface area is 171 Å². The second-order valence-corrected chi connectivity index (χ2v) is 8.29. The molecule has 0 bridgehead atoms. The van der Waals surface area contributed by atoms with Crippen molar-refractivity contribution in [1.29, 1.82) is 0 Å². The number of hydrogen-bond acceptors (Lipinski definition) is 8. The maximum Gasteiger partial charge on any atom is 0.322 e. The van der Waals surface area contributed by atoms with E-state index in [9.17, 15) is 23.3 Å². The van der Waals surface area contributed by atoms with Gasteiger partial charge in [-0.25, -0.2) is 8.42 Å². The molecular formula is C19H16N4O6S. The molecule has 30 heavy (non-hydrogen) atoms. The van der Waals surface area contributed by atoms with Crippen molar-refractivity contribution in [3.63, 3.8) is 0 Å². The molecule has 0 aliphatic rings. The number of hydrogen-bond donors (Lipinski definition) is 1.